The van der Waals surface area contributed by atoms with Crippen molar-refractivity contribution in [2.24, 2.45) is 0 Å². The molecule has 156 valence electrons. The summed E-state index contributed by atoms with van der Waals surface area (Å²) in [5, 5.41) is 6.90. The van der Waals surface area contributed by atoms with Gasteiger partial charge in [0.25, 0.3) is 5.56 Å². The molecule has 0 aliphatic carbocycles. The second kappa shape index (κ2) is 10.1. The van der Waals surface area contributed by atoms with Crippen molar-refractivity contribution in [3.05, 3.63) is 82.1 Å². The Morgan fingerprint density at radius 2 is 1.87 bits per heavy atom. The molecule has 0 atom stereocenters. The largest absolute Gasteiger partial charge is 0.370 e. The van der Waals surface area contributed by atoms with Gasteiger partial charge in [-0.25, -0.2) is 13.5 Å². The molecule has 1 N–H and O–H groups in total. The zero-order chi connectivity index (χ0) is 21.5. The molecule has 30 heavy (non-hydrogen) atoms. The van der Waals surface area contributed by atoms with Crippen LogP contribution in [0, 0.1) is 11.6 Å². The summed E-state index contributed by atoms with van der Waals surface area (Å²) in [5.74, 6) is -1.50. The van der Waals surface area contributed by atoms with Crippen LogP contribution < -0.4 is 10.9 Å². The van der Waals surface area contributed by atoms with Crippen LogP contribution in [0.3, 0.4) is 0 Å². The molecule has 0 spiro atoms. The molecule has 6 nitrogen and oxygen atoms in total. The number of aromatic nitrogens is 2. The number of nitrogens with one attached hydrogen (secondary N) is 1. The maximum atomic E-state index is 13.5. The summed E-state index contributed by atoms with van der Waals surface area (Å²) >= 11 is 5.49. The fourth-order valence-corrected chi connectivity index (χ4v) is 2.86. The number of rotatable bonds is 8. The van der Waals surface area contributed by atoms with E-state index in [0.29, 0.717) is 17.1 Å². The number of carbonyl (C=O) groups is 1. The molecular formula is C21H18ClF2N3O3. The van der Waals surface area contributed by atoms with Crippen LogP contribution in [-0.2, 0) is 16.1 Å². The number of ether oxygens (including phenoxy) is 1. The summed E-state index contributed by atoms with van der Waals surface area (Å²) in [4.78, 5) is 24.1. The number of anilines is 1. The van der Waals surface area contributed by atoms with Crippen LogP contribution in [-0.4, -0.2) is 34.8 Å². The van der Waals surface area contributed by atoms with Gasteiger partial charge in [0.2, 0.25) is 5.91 Å². The molecule has 0 aliphatic heterocycles. The lowest BCUT2D eigenvalue weighted by Crippen LogP contribution is -2.23. The number of nitrogens with zero attached hydrogens (tertiary/aromatic N) is 2. The lowest BCUT2D eigenvalue weighted by molar-refractivity contribution is -0.120. The van der Waals surface area contributed by atoms with Gasteiger partial charge in [-0.3, -0.25) is 9.59 Å². The van der Waals surface area contributed by atoms with Crippen LogP contribution in [0.5, 0.6) is 0 Å². The normalized spacial score (nSPS) is 10.8. The standard InChI is InChI=1S/C21H18ClF2N3O3/c22-6-7-30-13-20(28)25-18-3-1-2-14(8-18)12-27-21(29)5-4-19(26-27)15-9-16(23)11-17(24)10-15/h1-5,8-11H,6-7,12-13H2,(H,25,28). The first-order valence-corrected chi connectivity index (χ1v) is 9.55. The molecule has 0 bridgehead atoms. The van der Waals surface area contributed by atoms with Crippen LogP contribution in [0.25, 0.3) is 11.3 Å². The van der Waals surface area contributed by atoms with Gasteiger partial charge in [-0.1, -0.05) is 12.1 Å². The Labute approximate surface area is 176 Å². The van der Waals surface area contributed by atoms with Crippen LogP contribution in [0.4, 0.5) is 14.5 Å². The van der Waals surface area contributed by atoms with E-state index in [0.717, 1.165) is 18.2 Å². The molecule has 0 unspecified atom stereocenters. The Bertz CT molecular complexity index is 1080. The Kier molecular flexibility index (Phi) is 7.26. The molecular weight excluding hydrogens is 416 g/mol. The molecule has 1 amide bonds. The van der Waals surface area contributed by atoms with E-state index in [4.69, 9.17) is 16.3 Å². The van der Waals surface area contributed by atoms with Gasteiger partial charge >= 0.3 is 0 Å². The quantitative estimate of drug-likeness (QED) is 0.436. The summed E-state index contributed by atoms with van der Waals surface area (Å²) in [6.07, 6.45) is 0. The van der Waals surface area contributed by atoms with Gasteiger partial charge in [-0.2, -0.15) is 5.10 Å². The Hall–Kier alpha value is -3.10. The van der Waals surface area contributed by atoms with Gasteiger partial charge in [-0.15, -0.1) is 11.6 Å². The minimum absolute atomic E-state index is 0.108. The SMILES string of the molecule is O=C(COCCCl)Nc1cccc(Cn2nc(-c3cc(F)cc(F)c3)ccc2=O)c1. The van der Waals surface area contributed by atoms with Crippen molar-refractivity contribution < 1.29 is 18.3 Å². The van der Waals surface area contributed by atoms with E-state index < -0.39 is 11.6 Å². The van der Waals surface area contributed by atoms with Gasteiger partial charge < -0.3 is 10.1 Å². The fraction of sp³-hybridized carbons (Fsp3) is 0.190. The van der Waals surface area contributed by atoms with Crippen LogP contribution in [0.15, 0.2) is 59.4 Å². The van der Waals surface area contributed by atoms with Crippen molar-refractivity contribution in [1.82, 2.24) is 9.78 Å². The maximum Gasteiger partial charge on any atom is 0.267 e. The number of amides is 1. The third-order valence-corrected chi connectivity index (χ3v) is 4.18. The average Bonchev–Trinajstić information content (AvgIpc) is 2.69. The van der Waals surface area contributed by atoms with Crippen LogP contribution in [0.1, 0.15) is 5.56 Å². The Balaban J connectivity index is 1.78. The van der Waals surface area contributed by atoms with E-state index in [1.807, 2.05) is 0 Å². The number of hydrogen-bond donors (Lipinski definition) is 1. The predicted molar refractivity (Wildman–Crippen MR) is 110 cm³/mol. The first-order chi connectivity index (χ1) is 14.4. The van der Waals surface area contributed by atoms with E-state index in [9.17, 15) is 18.4 Å². The lowest BCUT2D eigenvalue weighted by atomic mass is 10.1. The topological polar surface area (TPSA) is 73.2 Å². The molecule has 1 heterocycles. The highest BCUT2D eigenvalue weighted by Gasteiger charge is 2.09. The third-order valence-electron chi connectivity index (χ3n) is 4.02. The van der Waals surface area contributed by atoms with Crippen molar-refractivity contribution in [2.75, 3.05) is 24.4 Å². The molecule has 0 saturated heterocycles. The molecule has 3 rings (SSSR count). The highest BCUT2D eigenvalue weighted by atomic mass is 35.5. The summed E-state index contributed by atoms with van der Waals surface area (Å²) in [5.41, 5.74) is 1.34. The summed E-state index contributed by atoms with van der Waals surface area (Å²) in [7, 11) is 0. The second-order valence-corrected chi connectivity index (χ2v) is 6.74. The molecule has 2 aromatic carbocycles. The number of benzene rings is 2. The highest BCUT2D eigenvalue weighted by Crippen LogP contribution is 2.19. The molecule has 0 fully saturated rings. The average molecular weight is 434 g/mol. The van der Waals surface area contributed by atoms with Crippen molar-refractivity contribution in [3.63, 3.8) is 0 Å². The summed E-state index contributed by atoms with van der Waals surface area (Å²) < 4.78 is 33.3. The van der Waals surface area contributed by atoms with E-state index in [2.05, 4.69) is 10.4 Å². The van der Waals surface area contributed by atoms with E-state index in [-0.39, 0.29) is 42.5 Å². The van der Waals surface area contributed by atoms with Gasteiger partial charge in [0.15, 0.2) is 0 Å². The Morgan fingerprint density at radius 3 is 2.60 bits per heavy atom. The van der Waals surface area contributed by atoms with E-state index in [1.165, 1.54) is 16.8 Å². The first kappa shape index (κ1) is 21.6. The van der Waals surface area contributed by atoms with E-state index in [1.54, 1.807) is 24.3 Å². The van der Waals surface area contributed by atoms with E-state index >= 15 is 0 Å². The van der Waals surface area contributed by atoms with Gasteiger partial charge in [0.05, 0.1) is 18.8 Å². The van der Waals surface area contributed by atoms with Crippen LogP contribution >= 0.6 is 11.6 Å². The first-order valence-electron chi connectivity index (χ1n) is 9.02. The van der Waals surface area contributed by atoms with Gasteiger partial charge in [-0.05, 0) is 35.9 Å². The zero-order valence-electron chi connectivity index (χ0n) is 15.8. The summed E-state index contributed by atoms with van der Waals surface area (Å²) in [6, 6.07) is 12.6. The smallest absolute Gasteiger partial charge is 0.267 e. The Morgan fingerprint density at radius 1 is 1.10 bits per heavy atom. The number of halogens is 3. The highest BCUT2D eigenvalue weighted by molar-refractivity contribution is 6.18. The predicted octanol–water partition coefficient (Wildman–Crippen LogP) is 3.43. The van der Waals surface area contributed by atoms with Crippen molar-refractivity contribution in [3.8, 4) is 11.3 Å². The molecule has 0 radical (unpaired) electrons. The number of alkyl halides is 1. The summed E-state index contributed by atoms with van der Waals surface area (Å²) in [6.45, 7) is 0.260. The van der Waals surface area contributed by atoms with Gasteiger partial charge in [0, 0.05) is 29.3 Å². The molecule has 0 saturated carbocycles. The molecule has 3 aromatic rings. The maximum absolute atomic E-state index is 13.5. The molecule has 1 aromatic heterocycles. The zero-order valence-corrected chi connectivity index (χ0v) is 16.5. The monoisotopic (exact) mass is 433 g/mol. The molecule has 0 aliphatic rings. The van der Waals surface area contributed by atoms with Crippen molar-refractivity contribution in [2.45, 2.75) is 6.54 Å². The van der Waals surface area contributed by atoms with Crippen LogP contribution in [0.2, 0.25) is 0 Å². The number of carbonyl (C=O) groups excluding carboxylic acids is 1. The van der Waals surface area contributed by atoms with Crippen molar-refractivity contribution in [1.29, 1.82) is 0 Å². The number of hydrogen-bond acceptors (Lipinski definition) is 4. The minimum Gasteiger partial charge on any atom is -0.370 e. The minimum atomic E-state index is -0.733. The lowest BCUT2D eigenvalue weighted by Gasteiger charge is -2.10. The van der Waals surface area contributed by atoms with Crippen molar-refractivity contribution >= 4 is 23.2 Å². The van der Waals surface area contributed by atoms with Gasteiger partial charge in [0.1, 0.15) is 18.2 Å². The molecule has 9 heteroatoms. The third kappa shape index (κ3) is 5.95. The second-order valence-electron chi connectivity index (χ2n) is 6.36. The fourth-order valence-electron chi connectivity index (χ4n) is 2.75.